The van der Waals surface area contributed by atoms with Crippen LogP contribution in [0.25, 0.3) is 10.9 Å². The van der Waals surface area contributed by atoms with Gasteiger partial charge in [-0.1, -0.05) is 35.9 Å². The molecule has 2 aromatic carbocycles. The first kappa shape index (κ1) is 19.8. The number of rotatable bonds is 4. The summed E-state index contributed by atoms with van der Waals surface area (Å²) in [7, 11) is 0. The number of nitrogens with zero attached hydrogens (tertiary/aromatic N) is 1. The number of carbonyl (C=O) groups excluding carboxylic acids is 1. The Bertz CT molecular complexity index is 1040. The summed E-state index contributed by atoms with van der Waals surface area (Å²) in [6.07, 6.45) is -0.739. The van der Waals surface area contributed by atoms with Gasteiger partial charge in [-0.25, -0.2) is 0 Å². The van der Waals surface area contributed by atoms with Crippen LogP contribution in [0, 0.1) is 0 Å². The molecule has 0 aliphatic carbocycles. The maximum atomic E-state index is 13.4. The third-order valence-electron chi connectivity index (χ3n) is 5.53. The Kier molecular flexibility index (Phi) is 5.30. The number of alkyl halides is 3. The van der Waals surface area contributed by atoms with Crippen molar-refractivity contribution in [2.24, 2.45) is 0 Å². The molecule has 0 unspecified atom stereocenters. The molecular formula is C22H20ClF3N2O. The number of halogens is 4. The Morgan fingerprint density at radius 3 is 2.59 bits per heavy atom. The average molecular weight is 421 g/mol. The maximum Gasteiger partial charge on any atom is 0.417 e. The van der Waals surface area contributed by atoms with Gasteiger partial charge in [-0.05, 0) is 42.2 Å². The number of benzene rings is 2. The molecule has 1 atom stereocenters. The average Bonchev–Trinajstić information content (AvgIpc) is 3.36. The number of fused-ring (bicyclic) bond motifs is 1. The lowest BCUT2D eigenvalue weighted by atomic mass is 9.87. The third kappa shape index (κ3) is 3.99. The van der Waals surface area contributed by atoms with Crippen molar-refractivity contribution >= 4 is 28.4 Å². The zero-order valence-electron chi connectivity index (χ0n) is 15.6. The van der Waals surface area contributed by atoms with E-state index in [1.807, 2.05) is 24.3 Å². The lowest BCUT2D eigenvalue weighted by molar-refractivity contribution is -0.137. The standard InChI is InChI=1S/C22H20ClF3N2O/c23-19-8-7-14(11-18(19)22(24,25)26)16(12-21(29)28-9-3-4-10-28)17-13-27-20-6-2-1-5-15(17)20/h1-2,5-8,11,13,16,27H,3-4,9-10,12H2/t16-/m1/s1. The molecule has 1 amide bonds. The molecule has 1 aliphatic heterocycles. The minimum Gasteiger partial charge on any atom is -0.361 e. The second-order valence-corrected chi connectivity index (χ2v) is 7.78. The lowest BCUT2D eigenvalue weighted by Crippen LogP contribution is -2.29. The number of hydrogen-bond acceptors (Lipinski definition) is 1. The van der Waals surface area contributed by atoms with Crippen molar-refractivity contribution in [3.63, 3.8) is 0 Å². The van der Waals surface area contributed by atoms with E-state index in [0.717, 1.165) is 35.4 Å². The normalized spacial score (nSPS) is 15.8. The number of amides is 1. The number of likely N-dealkylation sites (tertiary alicyclic amines) is 1. The van der Waals surface area contributed by atoms with Crippen LogP contribution >= 0.6 is 11.6 Å². The van der Waals surface area contributed by atoms with Crippen LogP contribution in [-0.2, 0) is 11.0 Å². The predicted molar refractivity (Wildman–Crippen MR) is 107 cm³/mol. The van der Waals surface area contributed by atoms with Gasteiger partial charge in [-0.15, -0.1) is 0 Å². The van der Waals surface area contributed by atoms with Gasteiger partial charge in [-0.3, -0.25) is 4.79 Å². The van der Waals surface area contributed by atoms with Crippen molar-refractivity contribution in [3.8, 4) is 0 Å². The van der Waals surface area contributed by atoms with Gasteiger partial charge in [-0.2, -0.15) is 13.2 Å². The molecule has 4 rings (SSSR count). The van der Waals surface area contributed by atoms with Crippen molar-refractivity contribution in [2.45, 2.75) is 31.4 Å². The summed E-state index contributed by atoms with van der Waals surface area (Å²) in [5.41, 5.74) is 1.24. The minimum atomic E-state index is -4.56. The third-order valence-corrected chi connectivity index (χ3v) is 5.86. The van der Waals surface area contributed by atoms with Crippen LogP contribution in [0.15, 0.2) is 48.7 Å². The number of aromatic nitrogens is 1. The Balaban J connectivity index is 1.79. The Hall–Kier alpha value is -2.47. The first-order chi connectivity index (χ1) is 13.8. The van der Waals surface area contributed by atoms with E-state index in [4.69, 9.17) is 11.6 Å². The second-order valence-electron chi connectivity index (χ2n) is 7.37. The van der Waals surface area contributed by atoms with E-state index in [-0.39, 0.29) is 17.4 Å². The molecule has 0 bridgehead atoms. The van der Waals surface area contributed by atoms with Gasteiger partial charge in [0.05, 0.1) is 10.6 Å². The number of aromatic amines is 1. The zero-order valence-corrected chi connectivity index (χ0v) is 16.4. The molecule has 1 aromatic heterocycles. The molecule has 1 N–H and O–H groups in total. The van der Waals surface area contributed by atoms with E-state index in [1.54, 1.807) is 17.2 Å². The first-order valence-corrected chi connectivity index (χ1v) is 9.93. The van der Waals surface area contributed by atoms with Crippen LogP contribution in [0.2, 0.25) is 5.02 Å². The Morgan fingerprint density at radius 2 is 1.86 bits per heavy atom. The van der Waals surface area contributed by atoms with E-state index in [0.29, 0.717) is 18.7 Å². The summed E-state index contributed by atoms with van der Waals surface area (Å²) in [5, 5.41) is 0.556. The molecule has 2 heterocycles. The molecule has 7 heteroatoms. The van der Waals surface area contributed by atoms with Crippen molar-refractivity contribution in [1.29, 1.82) is 0 Å². The number of H-pyrrole nitrogens is 1. The van der Waals surface area contributed by atoms with E-state index >= 15 is 0 Å². The first-order valence-electron chi connectivity index (χ1n) is 9.55. The van der Waals surface area contributed by atoms with Gasteiger partial charge in [0.2, 0.25) is 5.91 Å². The topological polar surface area (TPSA) is 36.1 Å². The van der Waals surface area contributed by atoms with Crippen LogP contribution in [0.4, 0.5) is 13.2 Å². The van der Waals surface area contributed by atoms with Gasteiger partial charge in [0.1, 0.15) is 0 Å². The van der Waals surface area contributed by atoms with E-state index in [1.165, 1.54) is 6.07 Å². The van der Waals surface area contributed by atoms with Crippen molar-refractivity contribution in [2.75, 3.05) is 13.1 Å². The van der Waals surface area contributed by atoms with Crippen LogP contribution < -0.4 is 0 Å². The summed E-state index contributed by atoms with van der Waals surface area (Å²) in [6.45, 7) is 1.40. The van der Waals surface area contributed by atoms with Crippen molar-refractivity contribution in [1.82, 2.24) is 9.88 Å². The fourth-order valence-electron chi connectivity index (χ4n) is 4.04. The molecule has 1 fully saturated rings. The summed E-state index contributed by atoms with van der Waals surface area (Å²) >= 11 is 5.81. The quantitative estimate of drug-likeness (QED) is 0.553. The van der Waals surface area contributed by atoms with E-state index < -0.39 is 17.7 Å². The van der Waals surface area contributed by atoms with Gasteiger partial charge in [0, 0.05) is 42.5 Å². The highest BCUT2D eigenvalue weighted by atomic mass is 35.5. The lowest BCUT2D eigenvalue weighted by Gasteiger charge is -2.22. The van der Waals surface area contributed by atoms with Crippen molar-refractivity contribution in [3.05, 3.63) is 70.4 Å². The highest BCUT2D eigenvalue weighted by molar-refractivity contribution is 6.31. The van der Waals surface area contributed by atoms with Crippen LogP contribution in [0.5, 0.6) is 0 Å². The minimum absolute atomic E-state index is 0.0405. The van der Waals surface area contributed by atoms with E-state index in [9.17, 15) is 18.0 Å². The smallest absolute Gasteiger partial charge is 0.361 e. The molecular weight excluding hydrogens is 401 g/mol. The number of hydrogen-bond donors (Lipinski definition) is 1. The van der Waals surface area contributed by atoms with Crippen LogP contribution in [-0.4, -0.2) is 28.9 Å². The second kappa shape index (κ2) is 7.75. The summed E-state index contributed by atoms with van der Waals surface area (Å²) in [4.78, 5) is 17.8. The van der Waals surface area contributed by atoms with Gasteiger partial charge < -0.3 is 9.88 Å². The number of carbonyl (C=O) groups is 1. The highest BCUT2D eigenvalue weighted by Gasteiger charge is 2.35. The summed E-state index contributed by atoms with van der Waals surface area (Å²) in [5.74, 6) is -0.543. The zero-order chi connectivity index (χ0) is 20.6. The SMILES string of the molecule is O=C(C[C@H](c1ccc(Cl)c(C(F)(F)F)c1)c1c[nH]c2ccccc12)N1CCCC1. The molecule has 1 saturated heterocycles. The molecule has 3 aromatic rings. The molecule has 1 aliphatic rings. The van der Waals surface area contributed by atoms with E-state index in [2.05, 4.69) is 4.98 Å². The van der Waals surface area contributed by atoms with Crippen LogP contribution in [0.1, 0.15) is 41.9 Å². The summed E-state index contributed by atoms with van der Waals surface area (Å²) in [6, 6.07) is 11.5. The van der Waals surface area contributed by atoms with Gasteiger partial charge in [0.15, 0.2) is 0 Å². The fourth-order valence-corrected chi connectivity index (χ4v) is 4.26. The molecule has 29 heavy (non-hydrogen) atoms. The maximum absolute atomic E-state index is 13.4. The van der Waals surface area contributed by atoms with Gasteiger partial charge in [0.25, 0.3) is 0 Å². The van der Waals surface area contributed by atoms with Crippen LogP contribution in [0.3, 0.4) is 0 Å². The molecule has 0 radical (unpaired) electrons. The number of para-hydroxylation sites is 1. The Morgan fingerprint density at radius 1 is 1.14 bits per heavy atom. The Labute approximate surface area is 171 Å². The summed E-state index contributed by atoms with van der Waals surface area (Å²) < 4.78 is 40.3. The fraction of sp³-hybridized carbons (Fsp3) is 0.318. The monoisotopic (exact) mass is 420 g/mol. The predicted octanol–water partition coefficient (Wildman–Crippen LogP) is 5.98. The van der Waals surface area contributed by atoms with Crippen molar-refractivity contribution < 1.29 is 18.0 Å². The molecule has 0 spiro atoms. The number of nitrogens with one attached hydrogen (secondary N) is 1. The molecule has 152 valence electrons. The molecule has 3 nitrogen and oxygen atoms in total. The van der Waals surface area contributed by atoms with Gasteiger partial charge >= 0.3 is 6.18 Å². The molecule has 0 saturated carbocycles. The highest BCUT2D eigenvalue weighted by Crippen LogP contribution is 2.40. The largest absolute Gasteiger partial charge is 0.417 e.